The average Bonchev–Trinajstić information content (AvgIpc) is 2.44. The predicted octanol–water partition coefficient (Wildman–Crippen LogP) is 3.02. The normalized spacial score (nSPS) is 12.2. The third-order valence-electron chi connectivity index (χ3n) is 3.45. The highest BCUT2D eigenvalue weighted by Crippen LogP contribution is 2.28. The van der Waals surface area contributed by atoms with Gasteiger partial charge in [-0.25, -0.2) is 0 Å². The van der Waals surface area contributed by atoms with E-state index in [1.807, 2.05) is 19.2 Å². The summed E-state index contributed by atoms with van der Waals surface area (Å²) in [6, 6.07) is 10.3. The lowest BCUT2D eigenvalue weighted by Crippen LogP contribution is -2.19. The van der Waals surface area contributed by atoms with Gasteiger partial charge in [0.25, 0.3) is 0 Å². The molecular weight excluding hydrogens is 236 g/mol. The molecule has 0 aliphatic heterocycles. The van der Waals surface area contributed by atoms with Gasteiger partial charge in [-0.2, -0.15) is 0 Å². The number of hydrogen-bond donors (Lipinski definition) is 1. The maximum Gasteiger partial charge on any atom is 0.142 e. The molecule has 0 radical (unpaired) electrons. The van der Waals surface area contributed by atoms with Crippen molar-refractivity contribution in [3.63, 3.8) is 0 Å². The van der Waals surface area contributed by atoms with Gasteiger partial charge in [-0.1, -0.05) is 18.2 Å². The van der Waals surface area contributed by atoms with Crippen LogP contribution in [0.5, 0.6) is 5.75 Å². The summed E-state index contributed by atoms with van der Waals surface area (Å²) in [6.07, 6.45) is 1.79. The van der Waals surface area contributed by atoms with Crippen LogP contribution < -0.4 is 10.1 Å². The van der Waals surface area contributed by atoms with Gasteiger partial charge >= 0.3 is 0 Å². The van der Waals surface area contributed by atoms with E-state index in [-0.39, 0.29) is 6.04 Å². The Hall–Kier alpha value is -1.87. The van der Waals surface area contributed by atoms with E-state index in [9.17, 15) is 0 Å². The number of nitrogens with one attached hydrogen (secondary N) is 1. The molecule has 19 heavy (non-hydrogen) atoms. The highest BCUT2D eigenvalue weighted by atomic mass is 16.5. The lowest BCUT2D eigenvalue weighted by Gasteiger charge is -2.19. The summed E-state index contributed by atoms with van der Waals surface area (Å²) >= 11 is 0. The molecule has 0 aliphatic carbocycles. The molecule has 1 heterocycles. The Labute approximate surface area is 114 Å². The molecule has 0 spiro atoms. The van der Waals surface area contributed by atoms with Gasteiger partial charge in [0.2, 0.25) is 0 Å². The number of methoxy groups -OCH3 is 1. The molecule has 3 heteroatoms. The summed E-state index contributed by atoms with van der Waals surface area (Å²) < 4.78 is 5.40. The Bertz CT molecular complexity index is 566. The zero-order valence-corrected chi connectivity index (χ0v) is 11.9. The minimum Gasteiger partial charge on any atom is -0.495 e. The topological polar surface area (TPSA) is 34.2 Å². The Balaban J connectivity index is 2.46. The molecule has 1 unspecified atom stereocenters. The van der Waals surface area contributed by atoms with Gasteiger partial charge in [-0.05, 0) is 49.7 Å². The van der Waals surface area contributed by atoms with Crippen LogP contribution in [-0.4, -0.2) is 19.1 Å². The maximum atomic E-state index is 5.40. The van der Waals surface area contributed by atoms with Crippen molar-refractivity contribution in [3.05, 3.63) is 58.9 Å². The number of nitrogens with zero attached hydrogens (tertiary/aromatic N) is 1. The molecule has 0 bridgehead atoms. The molecule has 2 aromatic rings. The van der Waals surface area contributed by atoms with Crippen molar-refractivity contribution in [1.82, 2.24) is 10.3 Å². The van der Waals surface area contributed by atoms with E-state index in [0.29, 0.717) is 0 Å². The zero-order valence-electron chi connectivity index (χ0n) is 11.9. The monoisotopic (exact) mass is 256 g/mol. The van der Waals surface area contributed by atoms with Crippen LogP contribution in [0.15, 0.2) is 36.5 Å². The van der Waals surface area contributed by atoms with Crippen LogP contribution in [0.25, 0.3) is 0 Å². The van der Waals surface area contributed by atoms with E-state index in [1.165, 1.54) is 16.7 Å². The van der Waals surface area contributed by atoms with E-state index in [2.05, 4.69) is 42.3 Å². The van der Waals surface area contributed by atoms with Crippen LogP contribution in [0.3, 0.4) is 0 Å². The number of aryl methyl sites for hydroxylation is 2. The molecule has 1 atom stereocenters. The largest absolute Gasteiger partial charge is 0.495 e. The molecule has 0 fully saturated rings. The highest BCUT2D eigenvalue weighted by Gasteiger charge is 2.18. The molecule has 1 aromatic heterocycles. The van der Waals surface area contributed by atoms with Crippen molar-refractivity contribution < 1.29 is 4.74 Å². The Morgan fingerprint density at radius 3 is 2.58 bits per heavy atom. The first-order valence-electron chi connectivity index (χ1n) is 6.40. The van der Waals surface area contributed by atoms with Crippen molar-refractivity contribution in [2.45, 2.75) is 19.9 Å². The van der Waals surface area contributed by atoms with E-state index in [4.69, 9.17) is 4.74 Å². The fourth-order valence-corrected chi connectivity index (χ4v) is 2.20. The second-order valence-electron chi connectivity index (χ2n) is 4.66. The molecular formula is C16H20N2O. The Morgan fingerprint density at radius 1 is 1.16 bits per heavy atom. The molecule has 1 N–H and O–H groups in total. The smallest absolute Gasteiger partial charge is 0.142 e. The van der Waals surface area contributed by atoms with Gasteiger partial charge in [0.1, 0.15) is 11.4 Å². The molecule has 0 saturated heterocycles. The summed E-state index contributed by atoms with van der Waals surface area (Å²) in [6.45, 7) is 4.25. The number of pyridine rings is 1. The summed E-state index contributed by atoms with van der Waals surface area (Å²) in [5.74, 6) is 0.806. The molecule has 0 amide bonds. The molecule has 0 aliphatic rings. The van der Waals surface area contributed by atoms with Gasteiger partial charge in [0.15, 0.2) is 0 Å². The van der Waals surface area contributed by atoms with Crippen molar-refractivity contribution in [2.75, 3.05) is 14.2 Å². The molecule has 100 valence electrons. The van der Waals surface area contributed by atoms with Crippen molar-refractivity contribution in [1.29, 1.82) is 0 Å². The van der Waals surface area contributed by atoms with Crippen LogP contribution in [-0.2, 0) is 0 Å². The maximum absolute atomic E-state index is 5.40. The SMILES string of the molecule is CNC(c1ccc(C)c(C)c1)c1ncccc1OC. The van der Waals surface area contributed by atoms with Crippen molar-refractivity contribution >= 4 is 0 Å². The minimum atomic E-state index is 0.0375. The van der Waals surface area contributed by atoms with E-state index in [1.54, 1.807) is 13.3 Å². The fraction of sp³-hybridized carbons (Fsp3) is 0.312. The standard InChI is InChI=1S/C16H20N2O/c1-11-7-8-13(10-12(11)2)15(17-3)16-14(19-4)6-5-9-18-16/h5-10,15,17H,1-4H3. The summed E-state index contributed by atoms with van der Waals surface area (Å²) in [5.41, 5.74) is 4.69. The van der Waals surface area contributed by atoms with Crippen LogP contribution in [0, 0.1) is 13.8 Å². The molecule has 0 saturated carbocycles. The fourth-order valence-electron chi connectivity index (χ4n) is 2.20. The van der Waals surface area contributed by atoms with E-state index >= 15 is 0 Å². The van der Waals surface area contributed by atoms with E-state index < -0.39 is 0 Å². The first-order valence-corrected chi connectivity index (χ1v) is 6.40. The highest BCUT2D eigenvalue weighted by molar-refractivity contribution is 5.39. The average molecular weight is 256 g/mol. The van der Waals surface area contributed by atoms with Crippen molar-refractivity contribution in [2.24, 2.45) is 0 Å². The van der Waals surface area contributed by atoms with Crippen LogP contribution in [0.4, 0.5) is 0 Å². The third kappa shape index (κ3) is 2.76. The summed E-state index contributed by atoms with van der Waals surface area (Å²) in [4.78, 5) is 4.46. The summed E-state index contributed by atoms with van der Waals surface area (Å²) in [5, 5.41) is 3.31. The quantitative estimate of drug-likeness (QED) is 0.913. The number of aromatic nitrogens is 1. The van der Waals surface area contributed by atoms with Crippen LogP contribution in [0.2, 0.25) is 0 Å². The second-order valence-corrected chi connectivity index (χ2v) is 4.66. The van der Waals surface area contributed by atoms with E-state index in [0.717, 1.165) is 11.4 Å². The lowest BCUT2D eigenvalue weighted by molar-refractivity contribution is 0.401. The van der Waals surface area contributed by atoms with Crippen LogP contribution >= 0.6 is 0 Å². The number of ether oxygens (including phenoxy) is 1. The van der Waals surface area contributed by atoms with Gasteiger partial charge in [0, 0.05) is 6.20 Å². The molecule has 3 nitrogen and oxygen atoms in total. The van der Waals surface area contributed by atoms with Gasteiger partial charge < -0.3 is 10.1 Å². The van der Waals surface area contributed by atoms with Crippen LogP contribution in [0.1, 0.15) is 28.4 Å². The molecule has 1 aromatic carbocycles. The summed E-state index contributed by atoms with van der Waals surface area (Å²) in [7, 11) is 3.61. The number of hydrogen-bond acceptors (Lipinski definition) is 3. The number of benzene rings is 1. The lowest BCUT2D eigenvalue weighted by atomic mass is 9.98. The Morgan fingerprint density at radius 2 is 1.95 bits per heavy atom. The second kappa shape index (κ2) is 5.85. The predicted molar refractivity (Wildman–Crippen MR) is 77.6 cm³/mol. The minimum absolute atomic E-state index is 0.0375. The number of rotatable bonds is 4. The molecule has 2 rings (SSSR count). The first kappa shape index (κ1) is 13.6. The van der Waals surface area contributed by atoms with Crippen molar-refractivity contribution in [3.8, 4) is 5.75 Å². The Kier molecular flexibility index (Phi) is 4.17. The first-order chi connectivity index (χ1) is 9.17. The third-order valence-corrected chi connectivity index (χ3v) is 3.45. The van der Waals surface area contributed by atoms with Gasteiger partial charge in [0.05, 0.1) is 13.2 Å². The van der Waals surface area contributed by atoms with Gasteiger partial charge in [-0.3, -0.25) is 4.98 Å². The van der Waals surface area contributed by atoms with Gasteiger partial charge in [-0.15, -0.1) is 0 Å². The zero-order chi connectivity index (χ0) is 13.8.